The summed E-state index contributed by atoms with van der Waals surface area (Å²) in [6, 6.07) is 17.6. The summed E-state index contributed by atoms with van der Waals surface area (Å²) in [6.45, 7) is 2.00. The Bertz CT molecular complexity index is 1310. The molecule has 2 heterocycles. The van der Waals surface area contributed by atoms with Gasteiger partial charge in [-0.2, -0.15) is 5.10 Å². The van der Waals surface area contributed by atoms with Crippen LogP contribution in [0.1, 0.15) is 33.5 Å². The van der Waals surface area contributed by atoms with Gasteiger partial charge in [0.2, 0.25) is 5.91 Å². The van der Waals surface area contributed by atoms with E-state index < -0.39 is 23.8 Å². The summed E-state index contributed by atoms with van der Waals surface area (Å²) in [5.41, 5.74) is 2.66. The van der Waals surface area contributed by atoms with E-state index >= 15 is 0 Å². The molecule has 1 atom stereocenters. The number of H-pyrrole nitrogens is 1. The first kappa shape index (κ1) is 21.8. The Hall–Kier alpha value is -4.40. The second-order valence-electron chi connectivity index (χ2n) is 7.52. The number of aromatic amines is 1. The molecule has 3 N–H and O–H groups in total. The van der Waals surface area contributed by atoms with Crippen molar-refractivity contribution < 1.29 is 19.1 Å². The van der Waals surface area contributed by atoms with Gasteiger partial charge in [0.05, 0.1) is 18.3 Å². The van der Waals surface area contributed by atoms with Gasteiger partial charge < -0.3 is 19.9 Å². The molecule has 0 aliphatic rings. The quantitative estimate of drug-likeness (QED) is 0.378. The van der Waals surface area contributed by atoms with Crippen LogP contribution in [-0.2, 0) is 16.1 Å². The third kappa shape index (κ3) is 4.77. The van der Waals surface area contributed by atoms with Crippen LogP contribution in [0, 0.1) is 0 Å². The zero-order valence-electron chi connectivity index (χ0n) is 18.2. The molecule has 0 saturated carbocycles. The number of ether oxygens (including phenoxy) is 1. The molecular weight excluding hydrogens is 422 g/mol. The van der Waals surface area contributed by atoms with E-state index in [1.807, 2.05) is 48.5 Å². The topological polar surface area (TPSA) is 118 Å². The number of esters is 1. The molecule has 0 bridgehead atoms. The molecule has 1 unspecified atom stereocenters. The smallest absolute Gasteiger partial charge is 0.354 e. The summed E-state index contributed by atoms with van der Waals surface area (Å²) in [4.78, 5) is 37.6. The number of hydrogen-bond donors (Lipinski definition) is 3. The molecule has 168 valence electrons. The van der Waals surface area contributed by atoms with Crippen molar-refractivity contribution in [2.75, 3.05) is 12.4 Å². The Morgan fingerprint density at radius 3 is 2.58 bits per heavy atom. The second-order valence-corrected chi connectivity index (χ2v) is 7.52. The number of carbonyl (C=O) groups excluding carboxylic acids is 3. The lowest BCUT2D eigenvalue weighted by Gasteiger charge is -2.12. The third-order valence-corrected chi connectivity index (χ3v) is 5.18. The van der Waals surface area contributed by atoms with Crippen molar-refractivity contribution >= 4 is 34.4 Å². The number of hydrogen-bond acceptors (Lipinski definition) is 5. The maximum atomic E-state index is 12.7. The molecule has 9 heteroatoms. The summed E-state index contributed by atoms with van der Waals surface area (Å²) in [5, 5.41) is 12.9. The lowest BCUT2D eigenvalue weighted by atomic mass is 10.2. The monoisotopic (exact) mass is 445 g/mol. The highest BCUT2D eigenvalue weighted by atomic mass is 16.5. The molecule has 0 radical (unpaired) electrons. The molecule has 0 spiro atoms. The SMILES string of the molecule is COC(=O)c1cc(NC(=O)C(C)NC(=O)c2n[nH]c3ccccc23)cn1Cc1ccccc1. The van der Waals surface area contributed by atoms with Crippen LogP contribution in [0.25, 0.3) is 10.9 Å². The van der Waals surface area contributed by atoms with Gasteiger partial charge in [-0.15, -0.1) is 0 Å². The van der Waals surface area contributed by atoms with Gasteiger partial charge in [-0.25, -0.2) is 4.79 Å². The average Bonchev–Trinajstić information content (AvgIpc) is 3.43. The van der Waals surface area contributed by atoms with Crippen LogP contribution >= 0.6 is 0 Å². The molecule has 9 nitrogen and oxygen atoms in total. The minimum Gasteiger partial charge on any atom is -0.464 e. The highest BCUT2D eigenvalue weighted by Crippen LogP contribution is 2.18. The number of nitrogens with one attached hydrogen (secondary N) is 3. The fraction of sp³-hybridized carbons (Fsp3) is 0.167. The molecule has 0 aliphatic heterocycles. The van der Waals surface area contributed by atoms with Crippen LogP contribution in [0.4, 0.5) is 5.69 Å². The van der Waals surface area contributed by atoms with Gasteiger partial charge in [0.25, 0.3) is 5.91 Å². The van der Waals surface area contributed by atoms with Crippen molar-refractivity contribution in [3.63, 3.8) is 0 Å². The molecule has 4 aromatic rings. The van der Waals surface area contributed by atoms with Gasteiger partial charge in [0, 0.05) is 18.1 Å². The van der Waals surface area contributed by atoms with Crippen molar-refractivity contribution in [1.82, 2.24) is 20.1 Å². The van der Waals surface area contributed by atoms with E-state index in [9.17, 15) is 14.4 Å². The van der Waals surface area contributed by atoms with Crippen LogP contribution in [0.5, 0.6) is 0 Å². The van der Waals surface area contributed by atoms with Gasteiger partial charge in [-0.1, -0.05) is 48.5 Å². The maximum absolute atomic E-state index is 12.7. The average molecular weight is 445 g/mol. The van der Waals surface area contributed by atoms with Gasteiger partial charge in [-0.05, 0) is 24.6 Å². The molecule has 2 amide bonds. The minimum atomic E-state index is -0.841. The number of fused-ring (bicyclic) bond motifs is 1. The maximum Gasteiger partial charge on any atom is 0.354 e. The van der Waals surface area contributed by atoms with Crippen molar-refractivity contribution in [2.45, 2.75) is 19.5 Å². The fourth-order valence-electron chi connectivity index (χ4n) is 3.48. The Morgan fingerprint density at radius 2 is 1.82 bits per heavy atom. The molecule has 2 aromatic heterocycles. The lowest BCUT2D eigenvalue weighted by molar-refractivity contribution is -0.117. The standard InChI is InChI=1S/C24H23N5O4/c1-15(25-23(31)21-18-10-6-7-11-19(18)27-28-21)22(30)26-17-12-20(24(32)33-2)29(14-17)13-16-8-4-3-5-9-16/h3-12,14-15H,13H2,1-2H3,(H,25,31)(H,26,30)(H,27,28). The summed E-state index contributed by atoms with van der Waals surface area (Å²) in [6.07, 6.45) is 1.66. The largest absolute Gasteiger partial charge is 0.464 e. The van der Waals surface area contributed by atoms with E-state index in [4.69, 9.17) is 4.74 Å². The van der Waals surface area contributed by atoms with Gasteiger partial charge in [0.1, 0.15) is 11.7 Å². The van der Waals surface area contributed by atoms with E-state index in [-0.39, 0.29) is 5.69 Å². The highest BCUT2D eigenvalue weighted by molar-refractivity contribution is 6.07. The predicted molar refractivity (Wildman–Crippen MR) is 123 cm³/mol. The zero-order chi connectivity index (χ0) is 23.4. The molecule has 0 saturated heterocycles. The van der Waals surface area contributed by atoms with Crippen LogP contribution in [0.2, 0.25) is 0 Å². The van der Waals surface area contributed by atoms with E-state index in [2.05, 4.69) is 20.8 Å². The predicted octanol–water partition coefficient (Wildman–Crippen LogP) is 2.96. The molecule has 0 fully saturated rings. The highest BCUT2D eigenvalue weighted by Gasteiger charge is 2.22. The lowest BCUT2D eigenvalue weighted by Crippen LogP contribution is -2.41. The Labute approximate surface area is 189 Å². The Balaban J connectivity index is 1.47. The normalized spacial score (nSPS) is 11.7. The molecular formula is C24H23N5O4. The zero-order valence-corrected chi connectivity index (χ0v) is 18.2. The Morgan fingerprint density at radius 1 is 1.09 bits per heavy atom. The van der Waals surface area contributed by atoms with E-state index in [1.165, 1.54) is 7.11 Å². The number of para-hydroxylation sites is 1. The number of amides is 2. The van der Waals surface area contributed by atoms with Crippen LogP contribution in [0.15, 0.2) is 66.9 Å². The van der Waals surface area contributed by atoms with Gasteiger partial charge in [0.15, 0.2) is 5.69 Å². The van der Waals surface area contributed by atoms with Crippen molar-refractivity contribution in [3.05, 3.63) is 83.8 Å². The minimum absolute atomic E-state index is 0.215. The van der Waals surface area contributed by atoms with Crippen molar-refractivity contribution in [2.24, 2.45) is 0 Å². The summed E-state index contributed by atoms with van der Waals surface area (Å²) in [5.74, 6) is -1.42. The summed E-state index contributed by atoms with van der Waals surface area (Å²) >= 11 is 0. The van der Waals surface area contributed by atoms with E-state index in [0.717, 1.165) is 11.1 Å². The fourth-order valence-corrected chi connectivity index (χ4v) is 3.48. The number of methoxy groups -OCH3 is 1. The van der Waals surface area contributed by atoms with Crippen LogP contribution < -0.4 is 10.6 Å². The number of aromatic nitrogens is 3. The number of anilines is 1. The molecule has 2 aromatic carbocycles. The van der Waals surface area contributed by atoms with Crippen molar-refractivity contribution in [3.8, 4) is 0 Å². The molecule has 4 rings (SSSR count). The first-order valence-electron chi connectivity index (χ1n) is 10.3. The summed E-state index contributed by atoms with van der Waals surface area (Å²) in [7, 11) is 1.30. The van der Waals surface area contributed by atoms with Gasteiger partial charge in [-0.3, -0.25) is 14.7 Å². The third-order valence-electron chi connectivity index (χ3n) is 5.18. The summed E-state index contributed by atoms with van der Waals surface area (Å²) < 4.78 is 6.57. The number of rotatable bonds is 7. The van der Waals surface area contributed by atoms with E-state index in [1.54, 1.807) is 29.8 Å². The first-order valence-corrected chi connectivity index (χ1v) is 10.3. The van der Waals surface area contributed by atoms with Crippen molar-refractivity contribution in [1.29, 1.82) is 0 Å². The van der Waals surface area contributed by atoms with Gasteiger partial charge >= 0.3 is 5.97 Å². The number of benzene rings is 2. The molecule has 0 aliphatic carbocycles. The molecule has 33 heavy (non-hydrogen) atoms. The number of carbonyl (C=O) groups is 3. The van der Waals surface area contributed by atoms with Crippen LogP contribution in [0.3, 0.4) is 0 Å². The van der Waals surface area contributed by atoms with E-state index in [0.29, 0.717) is 23.3 Å². The van der Waals surface area contributed by atoms with Crippen LogP contribution in [-0.4, -0.2) is 45.7 Å². The Kier molecular flexibility index (Phi) is 6.21. The number of nitrogens with zero attached hydrogens (tertiary/aromatic N) is 2. The second kappa shape index (κ2) is 9.39. The first-order chi connectivity index (χ1) is 16.0.